The lowest BCUT2D eigenvalue weighted by Crippen LogP contribution is -2.48. The molecule has 3 aliphatic rings. The van der Waals surface area contributed by atoms with Crippen LogP contribution >= 0.6 is 0 Å². The highest BCUT2D eigenvalue weighted by Gasteiger charge is 2.25. The third kappa shape index (κ3) is 5.27. The van der Waals surface area contributed by atoms with E-state index in [1.165, 1.54) is 23.1 Å². The molecule has 188 valence electrons. The maximum Gasteiger partial charge on any atom is 0.240 e. The van der Waals surface area contributed by atoms with Crippen molar-refractivity contribution in [3.63, 3.8) is 0 Å². The molecule has 0 spiro atoms. The van der Waals surface area contributed by atoms with Gasteiger partial charge in [-0.1, -0.05) is 24.3 Å². The fraction of sp³-hybridized carbons (Fsp3) is 0.519. The van der Waals surface area contributed by atoms with Crippen LogP contribution in [0.4, 0.5) is 5.69 Å². The summed E-state index contributed by atoms with van der Waals surface area (Å²) in [6.07, 6.45) is 10.2. The van der Waals surface area contributed by atoms with Gasteiger partial charge in [0.15, 0.2) is 11.8 Å². The zero-order valence-electron chi connectivity index (χ0n) is 20.3. The lowest BCUT2D eigenvalue weighted by Gasteiger charge is -2.37. The van der Waals surface area contributed by atoms with Gasteiger partial charge in [0.2, 0.25) is 5.91 Å². The molecule has 8 heteroatoms. The average molecular weight is 481 g/mol. The van der Waals surface area contributed by atoms with Crippen LogP contribution < -0.4 is 15.0 Å². The van der Waals surface area contributed by atoms with Crippen LogP contribution in [0.5, 0.6) is 17.5 Å². The molecular weight excluding hydrogens is 444 g/mol. The maximum atomic E-state index is 12.5. The molecular formula is C27H36N4O4. The Morgan fingerprint density at radius 1 is 0.971 bits per heavy atom. The monoisotopic (exact) mass is 480 g/mol. The average Bonchev–Trinajstić information content (AvgIpc) is 3.48. The van der Waals surface area contributed by atoms with Crippen LogP contribution in [-0.4, -0.2) is 71.0 Å². The van der Waals surface area contributed by atoms with Gasteiger partial charge in [-0.2, -0.15) is 0 Å². The number of rotatable bonds is 8. The number of allylic oxidation sites excluding steroid dienone is 2. The number of piperazine rings is 1. The Morgan fingerprint density at radius 2 is 1.63 bits per heavy atom. The summed E-state index contributed by atoms with van der Waals surface area (Å²) < 4.78 is 7.63. The fourth-order valence-electron chi connectivity index (χ4n) is 5.45. The number of anilines is 1. The molecule has 2 fully saturated rings. The van der Waals surface area contributed by atoms with Crippen molar-refractivity contribution < 1.29 is 19.7 Å². The Bertz CT molecular complexity index is 1030. The van der Waals surface area contributed by atoms with E-state index in [9.17, 15) is 15.0 Å². The van der Waals surface area contributed by atoms with Gasteiger partial charge in [-0.3, -0.25) is 14.3 Å². The predicted octanol–water partition coefficient (Wildman–Crippen LogP) is 2.81. The second kappa shape index (κ2) is 10.6. The first-order valence-electron chi connectivity index (χ1n) is 12.9. The molecule has 2 aliphatic carbocycles. The van der Waals surface area contributed by atoms with E-state index in [0.29, 0.717) is 36.6 Å². The highest BCUT2D eigenvalue weighted by Crippen LogP contribution is 2.36. The van der Waals surface area contributed by atoms with Crippen LogP contribution in [-0.2, 0) is 24.2 Å². The minimum atomic E-state index is -0.215. The molecule has 0 radical (unpaired) electrons. The van der Waals surface area contributed by atoms with E-state index in [2.05, 4.69) is 33.3 Å². The van der Waals surface area contributed by atoms with Gasteiger partial charge >= 0.3 is 0 Å². The largest absolute Gasteiger partial charge is 0.494 e. The Morgan fingerprint density at radius 3 is 2.31 bits per heavy atom. The zero-order valence-corrected chi connectivity index (χ0v) is 20.3. The summed E-state index contributed by atoms with van der Waals surface area (Å²) in [6, 6.07) is 8.36. The molecule has 1 saturated carbocycles. The summed E-state index contributed by atoms with van der Waals surface area (Å²) in [7, 11) is 0. The molecule has 0 bridgehead atoms. The predicted molar refractivity (Wildman–Crippen MR) is 135 cm³/mol. The lowest BCUT2D eigenvalue weighted by molar-refractivity contribution is -0.121. The van der Waals surface area contributed by atoms with Crippen LogP contribution in [0.1, 0.15) is 36.8 Å². The first kappa shape index (κ1) is 23.6. The van der Waals surface area contributed by atoms with Crippen molar-refractivity contribution in [1.82, 2.24) is 14.8 Å². The van der Waals surface area contributed by atoms with E-state index in [1.807, 2.05) is 18.2 Å². The number of aromatic hydroxyl groups is 2. The SMILES string of the molecule is O=C(Cn1c(O)c2c(c1O)CC=CC2)NCCN1CCN(c2ccccc2OC2CCCC2)CC1. The van der Waals surface area contributed by atoms with E-state index in [4.69, 9.17) is 4.74 Å². The first-order chi connectivity index (χ1) is 17.1. The smallest absolute Gasteiger partial charge is 0.240 e. The molecule has 1 aromatic carbocycles. The first-order valence-corrected chi connectivity index (χ1v) is 12.9. The number of hydrogen-bond acceptors (Lipinski definition) is 6. The lowest BCUT2D eigenvalue weighted by atomic mass is 10.0. The number of amides is 1. The van der Waals surface area contributed by atoms with Gasteiger partial charge < -0.3 is 25.2 Å². The highest BCUT2D eigenvalue weighted by molar-refractivity contribution is 5.76. The summed E-state index contributed by atoms with van der Waals surface area (Å²) in [5.41, 5.74) is 2.60. The minimum absolute atomic E-state index is 0.00897. The Labute approximate surface area is 206 Å². The topological polar surface area (TPSA) is 90.2 Å². The summed E-state index contributed by atoms with van der Waals surface area (Å²) in [5, 5.41) is 23.8. The number of para-hydroxylation sites is 2. The number of ether oxygens (including phenoxy) is 1. The molecule has 35 heavy (non-hydrogen) atoms. The van der Waals surface area contributed by atoms with Crippen LogP contribution in [0.25, 0.3) is 0 Å². The summed E-state index contributed by atoms with van der Waals surface area (Å²) in [5.74, 6) is 0.761. The summed E-state index contributed by atoms with van der Waals surface area (Å²) in [6.45, 7) is 4.90. The van der Waals surface area contributed by atoms with Gasteiger partial charge in [-0.15, -0.1) is 0 Å². The van der Waals surface area contributed by atoms with Gasteiger partial charge in [0.25, 0.3) is 0 Å². The number of benzene rings is 1. The maximum absolute atomic E-state index is 12.5. The van der Waals surface area contributed by atoms with Crippen LogP contribution in [0, 0.1) is 0 Å². The normalized spacial score (nSPS) is 18.6. The van der Waals surface area contributed by atoms with Crippen LogP contribution in [0.2, 0.25) is 0 Å². The van der Waals surface area contributed by atoms with Gasteiger partial charge in [-0.05, 0) is 50.7 Å². The van der Waals surface area contributed by atoms with Crippen molar-refractivity contribution in [3.8, 4) is 17.5 Å². The van der Waals surface area contributed by atoms with E-state index in [-0.39, 0.29) is 24.2 Å². The number of carbonyl (C=O) groups excluding carboxylic acids is 1. The number of fused-ring (bicyclic) bond motifs is 1. The molecule has 2 heterocycles. The Hall–Kier alpha value is -3.13. The fourth-order valence-corrected chi connectivity index (χ4v) is 5.45. The quantitative estimate of drug-likeness (QED) is 0.504. The third-order valence-corrected chi connectivity index (χ3v) is 7.45. The second-order valence-corrected chi connectivity index (χ2v) is 9.74. The molecule has 1 aliphatic heterocycles. The van der Waals surface area contributed by atoms with Crippen LogP contribution in [0.3, 0.4) is 0 Å². The zero-order chi connectivity index (χ0) is 24.2. The van der Waals surface area contributed by atoms with E-state index < -0.39 is 0 Å². The van der Waals surface area contributed by atoms with E-state index in [1.54, 1.807) is 0 Å². The van der Waals surface area contributed by atoms with Crippen LogP contribution in [0.15, 0.2) is 36.4 Å². The van der Waals surface area contributed by atoms with Gasteiger partial charge in [0, 0.05) is 50.4 Å². The number of nitrogens with one attached hydrogen (secondary N) is 1. The summed E-state index contributed by atoms with van der Waals surface area (Å²) in [4.78, 5) is 17.2. The minimum Gasteiger partial charge on any atom is -0.494 e. The van der Waals surface area contributed by atoms with Crippen molar-refractivity contribution in [2.45, 2.75) is 51.2 Å². The summed E-state index contributed by atoms with van der Waals surface area (Å²) >= 11 is 0. The third-order valence-electron chi connectivity index (χ3n) is 7.45. The Balaban J connectivity index is 1.07. The van der Waals surface area contributed by atoms with E-state index in [0.717, 1.165) is 51.3 Å². The highest BCUT2D eigenvalue weighted by atomic mass is 16.5. The van der Waals surface area contributed by atoms with Crippen molar-refractivity contribution >= 4 is 11.6 Å². The standard InChI is InChI=1S/C27H36N4O4/c32-25(19-31-26(33)21-9-3-4-10-22(21)27(31)34)28-13-14-29-15-17-30(18-16-29)23-11-5-6-12-24(23)35-20-7-1-2-8-20/h3-6,11-12,20,33-34H,1-2,7-10,13-19H2,(H,28,32). The number of nitrogens with zero attached hydrogens (tertiary/aromatic N) is 3. The van der Waals surface area contributed by atoms with Gasteiger partial charge in [-0.25, -0.2) is 0 Å². The van der Waals surface area contributed by atoms with Crippen molar-refractivity contribution in [1.29, 1.82) is 0 Å². The van der Waals surface area contributed by atoms with Crippen molar-refractivity contribution in [3.05, 3.63) is 47.5 Å². The second-order valence-electron chi connectivity index (χ2n) is 9.74. The molecule has 8 nitrogen and oxygen atoms in total. The van der Waals surface area contributed by atoms with E-state index >= 15 is 0 Å². The number of hydrogen-bond donors (Lipinski definition) is 3. The number of carbonyl (C=O) groups is 1. The van der Waals surface area contributed by atoms with Gasteiger partial charge in [0.05, 0.1) is 11.8 Å². The molecule has 2 aromatic rings. The van der Waals surface area contributed by atoms with Gasteiger partial charge in [0.1, 0.15) is 12.3 Å². The Kier molecular flexibility index (Phi) is 7.18. The molecule has 1 amide bonds. The van der Waals surface area contributed by atoms with Crippen molar-refractivity contribution in [2.75, 3.05) is 44.2 Å². The molecule has 1 saturated heterocycles. The number of aromatic nitrogens is 1. The molecule has 3 N–H and O–H groups in total. The molecule has 0 atom stereocenters. The molecule has 5 rings (SSSR count). The molecule has 0 unspecified atom stereocenters. The molecule has 1 aromatic heterocycles. The van der Waals surface area contributed by atoms with Crippen molar-refractivity contribution in [2.24, 2.45) is 0 Å².